The van der Waals surface area contributed by atoms with Crippen LogP contribution in [-0.2, 0) is 12.8 Å². The highest BCUT2D eigenvalue weighted by Crippen LogP contribution is 2.44. The number of hydrogen-bond donors (Lipinski definition) is 0. The summed E-state index contributed by atoms with van der Waals surface area (Å²) in [7, 11) is 0. The van der Waals surface area contributed by atoms with Crippen LogP contribution in [0.15, 0.2) is 206 Å². The first kappa shape index (κ1) is 35.8. The molecule has 10 aromatic rings. The van der Waals surface area contributed by atoms with Gasteiger partial charge in [-0.3, -0.25) is 0 Å². The van der Waals surface area contributed by atoms with E-state index in [0.29, 0.717) is 17.5 Å². The van der Waals surface area contributed by atoms with Crippen LogP contribution in [0.25, 0.3) is 101 Å². The summed E-state index contributed by atoms with van der Waals surface area (Å²) in [5.74, 6) is 1.82. The molecular weight excluding hydrogens is 753 g/mol. The van der Waals surface area contributed by atoms with Crippen LogP contribution in [0.5, 0.6) is 0 Å². The van der Waals surface area contributed by atoms with Crippen LogP contribution in [-0.4, -0.2) is 19.9 Å². The monoisotopic (exact) mass is 790 g/mol. The van der Waals surface area contributed by atoms with Crippen LogP contribution >= 0.6 is 0 Å². The smallest absolute Gasteiger partial charge is 0.164 e. The first-order valence-electron chi connectivity index (χ1n) is 21.2. The predicted octanol–water partition coefficient (Wildman–Crippen LogP) is 14.1. The predicted molar refractivity (Wildman–Crippen MR) is 252 cm³/mol. The van der Waals surface area contributed by atoms with Gasteiger partial charge in [-0.15, -0.1) is 0 Å². The van der Waals surface area contributed by atoms with Gasteiger partial charge in [0.05, 0.1) is 11.4 Å². The van der Waals surface area contributed by atoms with E-state index in [0.717, 1.165) is 63.2 Å². The van der Waals surface area contributed by atoms with Gasteiger partial charge in [0.2, 0.25) is 0 Å². The number of aromatic nitrogens is 4. The second-order valence-corrected chi connectivity index (χ2v) is 16.2. The van der Waals surface area contributed by atoms with E-state index in [1.165, 1.54) is 55.6 Å². The van der Waals surface area contributed by atoms with Crippen LogP contribution in [0, 0.1) is 0 Å². The Hall–Kier alpha value is -8.08. The van der Waals surface area contributed by atoms with Crippen molar-refractivity contribution in [3.63, 3.8) is 0 Å². The lowest BCUT2D eigenvalue weighted by Crippen LogP contribution is -2.01. The molecule has 12 rings (SSSR count). The molecule has 0 fully saturated rings. The van der Waals surface area contributed by atoms with Crippen molar-refractivity contribution in [2.45, 2.75) is 12.8 Å². The lowest BCUT2D eigenvalue weighted by atomic mass is 9.94. The zero-order chi connectivity index (χ0) is 41.0. The summed E-state index contributed by atoms with van der Waals surface area (Å²) < 4.78 is 0. The highest BCUT2D eigenvalue weighted by atomic mass is 15.0. The fourth-order valence-corrected chi connectivity index (χ4v) is 9.44. The van der Waals surface area contributed by atoms with Crippen molar-refractivity contribution >= 4 is 0 Å². The molecule has 0 saturated carbocycles. The molecule has 0 amide bonds. The maximum absolute atomic E-state index is 5.31. The normalized spacial score (nSPS) is 12.1. The Morgan fingerprint density at radius 3 is 1.08 bits per heavy atom. The molecule has 62 heavy (non-hydrogen) atoms. The standard InChI is InChI=1S/C58H38N4/c1-3-15-37(16-4-1)54-35-45(36-55(59-54)38-17-5-2-6-18-38)58-61-56(43-23-11-21-39(31-43)48-27-13-29-50-46-25-9-7-19-41(46)33-52(48)50)60-57(62-58)44-24-12-22-40(32-44)49-28-14-30-51-47-26-10-8-20-42(47)34-53(49)51/h1-32,35-36H,33-34H2. The van der Waals surface area contributed by atoms with Gasteiger partial charge < -0.3 is 0 Å². The van der Waals surface area contributed by atoms with Crippen molar-refractivity contribution in [1.82, 2.24) is 19.9 Å². The Balaban J connectivity index is 1.03. The number of pyridine rings is 1. The molecule has 0 atom stereocenters. The Bertz CT molecular complexity index is 3140. The summed E-state index contributed by atoms with van der Waals surface area (Å²) in [6, 6.07) is 73.0. The van der Waals surface area contributed by atoms with Crippen LogP contribution < -0.4 is 0 Å². The van der Waals surface area contributed by atoms with Crippen molar-refractivity contribution in [3.8, 4) is 101 Å². The van der Waals surface area contributed by atoms with E-state index in [9.17, 15) is 0 Å². The van der Waals surface area contributed by atoms with Crippen molar-refractivity contribution in [2.75, 3.05) is 0 Å². The zero-order valence-corrected chi connectivity index (χ0v) is 33.8. The molecule has 4 heteroatoms. The Labute approximate surface area is 361 Å². The second kappa shape index (κ2) is 14.9. The molecule has 0 saturated heterocycles. The Morgan fingerprint density at radius 2 is 0.597 bits per heavy atom. The second-order valence-electron chi connectivity index (χ2n) is 16.2. The van der Waals surface area contributed by atoms with Gasteiger partial charge in [0, 0.05) is 27.8 Å². The summed E-state index contributed by atoms with van der Waals surface area (Å²) in [4.78, 5) is 21.1. The maximum Gasteiger partial charge on any atom is 0.164 e. The van der Waals surface area contributed by atoms with E-state index in [-0.39, 0.29) is 0 Å². The van der Waals surface area contributed by atoms with E-state index in [1.54, 1.807) is 0 Å². The summed E-state index contributed by atoms with van der Waals surface area (Å²) in [6.07, 6.45) is 1.82. The summed E-state index contributed by atoms with van der Waals surface area (Å²) in [5, 5.41) is 0. The number of hydrogen-bond acceptors (Lipinski definition) is 4. The maximum atomic E-state index is 5.31. The molecule has 290 valence electrons. The molecule has 0 radical (unpaired) electrons. The molecule has 2 aliphatic rings. The summed E-state index contributed by atoms with van der Waals surface area (Å²) >= 11 is 0. The fraction of sp³-hybridized carbons (Fsp3) is 0.0345. The van der Waals surface area contributed by atoms with Gasteiger partial charge in [0.1, 0.15) is 0 Å². The molecule has 0 N–H and O–H groups in total. The zero-order valence-electron chi connectivity index (χ0n) is 33.8. The van der Waals surface area contributed by atoms with Crippen LogP contribution in [0.2, 0.25) is 0 Å². The third-order valence-corrected chi connectivity index (χ3v) is 12.4. The van der Waals surface area contributed by atoms with E-state index in [2.05, 4.69) is 170 Å². The van der Waals surface area contributed by atoms with E-state index in [4.69, 9.17) is 19.9 Å². The largest absolute Gasteiger partial charge is 0.248 e. The van der Waals surface area contributed by atoms with Crippen molar-refractivity contribution in [1.29, 1.82) is 0 Å². The minimum Gasteiger partial charge on any atom is -0.248 e. The van der Waals surface area contributed by atoms with Gasteiger partial charge in [-0.05, 0) is 104 Å². The molecule has 2 heterocycles. The van der Waals surface area contributed by atoms with Gasteiger partial charge in [0.25, 0.3) is 0 Å². The quantitative estimate of drug-likeness (QED) is 0.161. The number of fused-ring (bicyclic) bond motifs is 6. The molecule has 8 aromatic carbocycles. The molecule has 0 unspecified atom stereocenters. The van der Waals surface area contributed by atoms with Crippen LogP contribution in [0.4, 0.5) is 0 Å². The molecule has 0 bridgehead atoms. The SMILES string of the molecule is c1ccc(-c2cc(-c3nc(-c4cccc(-c5cccc6c5Cc5ccccc5-6)c4)nc(-c4cccc(-c5cccc6c5Cc5ccccc5-6)c4)n3)cc(-c3ccccc3)n2)cc1. The van der Waals surface area contributed by atoms with Crippen molar-refractivity contribution in [3.05, 3.63) is 229 Å². The third kappa shape index (κ3) is 6.32. The minimum absolute atomic E-state index is 0.588. The Morgan fingerprint density at radius 1 is 0.242 bits per heavy atom. The third-order valence-electron chi connectivity index (χ3n) is 12.4. The van der Waals surface area contributed by atoms with Gasteiger partial charge >= 0.3 is 0 Å². The topological polar surface area (TPSA) is 51.6 Å². The molecular formula is C58H38N4. The van der Waals surface area contributed by atoms with E-state index >= 15 is 0 Å². The Kier molecular flexibility index (Phi) is 8.60. The summed E-state index contributed by atoms with van der Waals surface area (Å²) in [5.41, 5.74) is 21.9. The van der Waals surface area contributed by atoms with E-state index < -0.39 is 0 Å². The highest BCUT2D eigenvalue weighted by molar-refractivity contribution is 5.88. The highest BCUT2D eigenvalue weighted by Gasteiger charge is 2.24. The van der Waals surface area contributed by atoms with Crippen molar-refractivity contribution in [2.24, 2.45) is 0 Å². The fourth-order valence-electron chi connectivity index (χ4n) is 9.44. The molecule has 4 nitrogen and oxygen atoms in total. The van der Waals surface area contributed by atoms with Gasteiger partial charge in [-0.1, -0.05) is 182 Å². The number of rotatable bonds is 7. The first-order chi connectivity index (χ1) is 30.7. The molecule has 0 spiro atoms. The number of benzene rings is 8. The van der Waals surface area contributed by atoms with Crippen LogP contribution in [0.1, 0.15) is 22.3 Å². The molecule has 0 aliphatic heterocycles. The van der Waals surface area contributed by atoms with Gasteiger partial charge in [0.15, 0.2) is 17.5 Å². The molecule has 2 aromatic heterocycles. The summed E-state index contributed by atoms with van der Waals surface area (Å²) in [6.45, 7) is 0. The lowest BCUT2D eigenvalue weighted by Gasteiger charge is -2.14. The van der Waals surface area contributed by atoms with E-state index in [1.807, 2.05) is 36.4 Å². The average Bonchev–Trinajstić information content (AvgIpc) is 3.93. The lowest BCUT2D eigenvalue weighted by molar-refractivity contribution is 1.07. The van der Waals surface area contributed by atoms with Gasteiger partial charge in [-0.25, -0.2) is 19.9 Å². The molecule has 2 aliphatic carbocycles. The first-order valence-corrected chi connectivity index (χ1v) is 21.2. The number of nitrogens with zero attached hydrogens (tertiary/aromatic N) is 4. The van der Waals surface area contributed by atoms with Gasteiger partial charge in [-0.2, -0.15) is 0 Å². The van der Waals surface area contributed by atoms with Crippen LogP contribution in [0.3, 0.4) is 0 Å². The average molecular weight is 791 g/mol. The minimum atomic E-state index is 0.588. The van der Waals surface area contributed by atoms with Crippen molar-refractivity contribution < 1.29 is 0 Å².